The topological polar surface area (TPSA) is 106 Å². The fourth-order valence-corrected chi connectivity index (χ4v) is 3.69. The molecule has 0 fully saturated rings. The van der Waals surface area contributed by atoms with Crippen LogP contribution in [-0.4, -0.2) is 19.1 Å². The van der Waals surface area contributed by atoms with Crippen molar-refractivity contribution < 1.29 is 18.1 Å². The Labute approximate surface area is 165 Å². The van der Waals surface area contributed by atoms with Crippen LogP contribution in [0.4, 0.5) is 11.4 Å². The van der Waals surface area contributed by atoms with Gasteiger partial charge < -0.3 is 0 Å². The smallest absolute Gasteiger partial charge is 0.271 e. The SMILES string of the molecule is O=C(c1ccc(Cl)cc1)c1cccc(S(=O)(=O)Nc2cccc([N+](=O)[O-])c2)c1. The van der Waals surface area contributed by atoms with Gasteiger partial charge in [0.25, 0.3) is 15.7 Å². The number of hydrogen-bond acceptors (Lipinski definition) is 5. The highest BCUT2D eigenvalue weighted by molar-refractivity contribution is 7.92. The quantitative estimate of drug-likeness (QED) is 0.366. The lowest BCUT2D eigenvalue weighted by Crippen LogP contribution is -2.14. The van der Waals surface area contributed by atoms with Crippen LogP contribution in [0.2, 0.25) is 5.02 Å². The van der Waals surface area contributed by atoms with Crippen LogP contribution in [0.5, 0.6) is 0 Å². The molecule has 0 unspecified atom stereocenters. The fourth-order valence-electron chi connectivity index (χ4n) is 2.47. The molecule has 3 rings (SSSR count). The normalized spacial score (nSPS) is 11.0. The lowest BCUT2D eigenvalue weighted by atomic mass is 10.0. The third kappa shape index (κ3) is 4.36. The zero-order valence-electron chi connectivity index (χ0n) is 14.2. The summed E-state index contributed by atoms with van der Waals surface area (Å²) >= 11 is 5.81. The second-order valence-corrected chi connectivity index (χ2v) is 7.90. The Balaban J connectivity index is 1.90. The highest BCUT2D eigenvalue weighted by Gasteiger charge is 2.18. The Kier molecular flexibility index (Phi) is 5.43. The Morgan fingerprint density at radius 2 is 1.61 bits per heavy atom. The van der Waals surface area contributed by atoms with Gasteiger partial charge in [-0.15, -0.1) is 0 Å². The molecule has 0 heterocycles. The van der Waals surface area contributed by atoms with Crippen molar-refractivity contribution in [2.45, 2.75) is 4.90 Å². The largest absolute Gasteiger partial charge is 0.289 e. The summed E-state index contributed by atoms with van der Waals surface area (Å²) in [7, 11) is -4.05. The van der Waals surface area contributed by atoms with Crippen molar-refractivity contribution in [3.05, 3.63) is 99.1 Å². The number of nitro groups is 1. The number of carbonyl (C=O) groups is 1. The van der Waals surface area contributed by atoms with E-state index in [4.69, 9.17) is 11.6 Å². The minimum Gasteiger partial charge on any atom is -0.289 e. The molecule has 0 aliphatic carbocycles. The number of carbonyl (C=O) groups excluding carboxylic acids is 1. The van der Waals surface area contributed by atoms with Gasteiger partial charge in [-0.25, -0.2) is 8.42 Å². The van der Waals surface area contributed by atoms with Crippen LogP contribution in [0.1, 0.15) is 15.9 Å². The van der Waals surface area contributed by atoms with E-state index in [1.54, 1.807) is 24.3 Å². The van der Waals surface area contributed by atoms with E-state index in [-0.39, 0.29) is 27.6 Å². The van der Waals surface area contributed by atoms with E-state index in [0.29, 0.717) is 10.6 Å². The summed E-state index contributed by atoms with van der Waals surface area (Å²) in [6, 6.07) is 16.9. The number of nitrogens with zero attached hydrogens (tertiary/aromatic N) is 1. The maximum atomic E-state index is 12.6. The lowest BCUT2D eigenvalue weighted by molar-refractivity contribution is -0.384. The van der Waals surface area contributed by atoms with Crippen LogP contribution >= 0.6 is 11.6 Å². The molecule has 142 valence electrons. The first kappa shape index (κ1) is 19.5. The molecular weight excluding hydrogens is 404 g/mol. The Hall–Kier alpha value is -3.23. The van der Waals surface area contributed by atoms with Gasteiger partial charge in [-0.2, -0.15) is 0 Å². The van der Waals surface area contributed by atoms with Gasteiger partial charge in [0.1, 0.15) is 0 Å². The summed E-state index contributed by atoms with van der Waals surface area (Å²) in [5, 5.41) is 11.3. The fraction of sp³-hybridized carbons (Fsp3) is 0. The number of ketones is 1. The monoisotopic (exact) mass is 416 g/mol. The number of anilines is 1. The van der Waals surface area contributed by atoms with Gasteiger partial charge in [0.05, 0.1) is 15.5 Å². The molecule has 0 radical (unpaired) electrons. The summed E-state index contributed by atoms with van der Waals surface area (Å²) in [5.74, 6) is -0.357. The van der Waals surface area contributed by atoms with E-state index in [9.17, 15) is 23.3 Å². The number of sulfonamides is 1. The van der Waals surface area contributed by atoms with Gasteiger partial charge in [0.2, 0.25) is 0 Å². The third-order valence-corrected chi connectivity index (χ3v) is 5.45. The van der Waals surface area contributed by atoms with Crippen LogP contribution in [0, 0.1) is 10.1 Å². The van der Waals surface area contributed by atoms with E-state index in [1.165, 1.54) is 42.5 Å². The molecule has 28 heavy (non-hydrogen) atoms. The van der Waals surface area contributed by atoms with E-state index >= 15 is 0 Å². The molecule has 0 spiro atoms. The molecule has 0 atom stereocenters. The third-order valence-electron chi connectivity index (χ3n) is 3.82. The number of non-ortho nitro benzene ring substituents is 1. The van der Waals surface area contributed by atoms with Gasteiger partial charge in [-0.3, -0.25) is 19.6 Å². The number of nitrogens with one attached hydrogen (secondary N) is 1. The predicted molar refractivity (Wildman–Crippen MR) is 105 cm³/mol. The average molecular weight is 417 g/mol. The molecule has 1 N–H and O–H groups in total. The highest BCUT2D eigenvalue weighted by Crippen LogP contribution is 2.22. The van der Waals surface area contributed by atoms with Crippen LogP contribution < -0.4 is 4.72 Å². The molecule has 0 saturated heterocycles. The zero-order chi connectivity index (χ0) is 20.3. The summed E-state index contributed by atoms with van der Waals surface area (Å²) in [6.45, 7) is 0. The molecule has 3 aromatic rings. The number of nitro benzene ring substituents is 1. The van der Waals surface area contributed by atoms with Crippen molar-refractivity contribution in [1.29, 1.82) is 0 Å². The first-order chi connectivity index (χ1) is 13.3. The standard InChI is InChI=1S/C19H13ClN2O5S/c20-15-9-7-13(8-10-15)19(23)14-3-1-6-18(11-14)28(26,27)21-16-4-2-5-17(12-16)22(24)25/h1-12,21H. The van der Waals surface area contributed by atoms with Gasteiger partial charge in [0.15, 0.2) is 5.78 Å². The molecule has 9 heteroatoms. The summed E-state index contributed by atoms with van der Waals surface area (Å²) in [4.78, 5) is 22.7. The van der Waals surface area contributed by atoms with Crippen molar-refractivity contribution in [2.24, 2.45) is 0 Å². The van der Waals surface area contributed by atoms with Crippen LogP contribution in [0.3, 0.4) is 0 Å². The first-order valence-corrected chi connectivity index (χ1v) is 9.80. The van der Waals surface area contributed by atoms with E-state index in [1.807, 2.05) is 0 Å². The number of rotatable bonds is 6. The number of hydrogen-bond donors (Lipinski definition) is 1. The Morgan fingerprint density at radius 3 is 2.29 bits per heavy atom. The first-order valence-electron chi connectivity index (χ1n) is 7.94. The Bertz CT molecular complexity index is 1160. The molecule has 3 aromatic carbocycles. The molecule has 0 bridgehead atoms. The van der Waals surface area contributed by atoms with Gasteiger partial charge in [0, 0.05) is 28.3 Å². The summed E-state index contributed by atoms with van der Waals surface area (Å²) < 4.78 is 27.5. The minimum atomic E-state index is -4.05. The summed E-state index contributed by atoms with van der Waals surface area (Å²) in [5.41, 5.74) is 0.352. The van der Waals surface area contributed by atoms with Crippen molar-refractivity contribution >= 4 is 38.8 Å². The van der Waals surface area contributed by atoms with Crippen LogP contribution in [0.15, 0.2) is 77.7 Å². The second kappa shape index (κ2) is 7.79. The van der Waals surface area contributed by atoms with Gasteiger partial charge in [-0.05, 0) is 42.5 Å². The second-order valence-electron chi connectivity index (χ2n) is 5.78. The summed E-state index contributed by atoms with van der Waals surface area (Å²) in [6.07, 6.45) is 0. The van der Waals surface area contributed by atoms with E-state index in [2.05, 4.69) is 4.72 Å². The molecule has 7 nitrogen and oxygen atoms in total. The van der Waals surface area contributed by atoms with Crippen LogP contribution in [-0.2, 0) is 10.0 Å². The molecule has 0 aliphatic rings. The molecule has 0 saturated carbocycles. The van der Waals surface area contributed by atoms with Crippen molar-refractivity contribution in [3.8, 4) is 0 Å². The van der Waals surface area contributed by atoms with E-state index in [0.717, 1.165) is 6.07 Å². The lowest BCUT2D eigenvalue weighted by Gasteiger charge is -2.09. The number of halogens is 1. The highest BCUT2D eigenvalue weighted by atomic mass is 35.5. The average Bonchev–Trinajstić information content (AvgIpc) is 2.68. The van der Waals surface area contributed by atoms with E-state index < -0.39 is 14.9 Å². The minimum absolute atomic E-state index is 0.0450. The number of benzene rings is 3. The van der Waals surface area contributed by atoms with Crippen molar-refractivity contribution in [3.63, 3.8) is 0 Å². The molecule has 0 aliphatic heterocycles. The van der Waals surface area contributed by atoms with Crippen molar-refractivity contribution in [2.75, 3.05) is 4.72 Å². The Morgan fingerprint density at radius 1 is 0.929 bits per heavy atom. The maximum Gasteiger partial charge on any atom is 0.271 e. The maximum absolute atomic E-state index is 12.6. The molecule has 0 amide bonds. The predicted octanol–water partition coefficient (Wildman–Crippen LogP) is 4.28. The zero-order valence-corrected chi connectivity index (χ0v) is 15.8. The molecular formula is C19H13ClN2O5S. The molecule has 0 aromatic heterocycles. The van der Waals surface area contributed by atoms with Gasteiger partial charge in [-0.1, -0.05) is 29.8 Å². The van der Waals surface area contributed by atoms with Gasteiger partial charge >= 0.3 is 0 Å². The van der Waals surface area contributed by atoms with Crippen molar-refractivity contribution in [1.82, 2.24) is 0 Å². The van der Waals surface area contributed by atoms with Crippen LogP contribution in [0.25, 0.3) is 0 Å².